The summed E-state index contributed by atoms with van der Waals surface area (Å²) in [6.45, 7) is 11.0. The summed E-state index contributed by atoms with van der Waals surface area (Å²) in [6, 6.07) is 0. The fourth-order valence-corrected chi connectivity index (χ4v) is 9.03. The molecule has 0 spiro atoms. The molecule has 4 heteroatoms. The van der Waals surface area contributed by atoms with E-state index >= 15 is 0 Å². The van der Waals surface area contributed by atoms with Gasteiger partial charge in [-0.05, 0) is 118 Å². The highest BCUT2D eigenvalue weighted by Crippen LogP contribution is 2.68. The molecule has 0 aromatic rings. The smallest absolute Gasteiger partial charge is 0.306 e. The van der Waals surface area contributed by atoms with Gasteiger partial charge in [0.2, 0.25) is 0 Å². The minimum absolute atomic E-state index is 0.0279. The molecule has 0 aliphatic heterocycles. The second kappa shape index (κ2) is 8.63. The van der Waals surface area contributed by atoms with Crippen molar-refractivity contribution < 1.29 is 19.7 Å². The molecule has 4 aliphatic carbocycles. The van der Waals surface area contributed by atoms with Crippen LogP contribution in [0.5, 0.6) is 0 Å². The molecular weight excluding hydrogens is 388 g/mol. The molecule has 4 fully saturated rings. The van der Waals surface area contributed by atoms with Crippen LogP contribution in [-0.4, -0.2) is 34.5 Å². The maximum Gasteiger partial charge on any atom is 0.306 e. The second-order valence-electron chi connectivity index (χ2n) is 12.4. The number of fused-ring (bicyclic) bond motifs is 5. The molecule has 0 saturated heterocycles. The van der Waals surface area contributed by atoms with Gasteiger partial charge in [-0.25, -0.2) is 0 Å². The highest BCUT2D eigenvalue weighted by atomic mass is 16.5. The van der Waals surface area contributed by atoms with E-state index in [0.29, 0.717) is 41.9 Å². The van der Waals surface area contributed by atoms with E-state index in [1.165, 1.54) is 25.7 Å². The zero-order valence-electron chi connectivity index (χ0n) is 20.5. The first-order valence-electron chi connectivity index (χ1n) is 13.1. The summed E-state index contributed by atoms with van der Waals surface area (Å²) < 4.78 is 5.35. The largest absolute Gasteiger partial charge is 0.463 e. The molecule has 0 amide bonds. The van der Waals surface area contributed by atoms with Crippen molar-refractivity contribution >= 4 is 5.97 Å². The Morgan fingerprint density at radius 3 is 2.45 bits per heavy atom. The number of aliphatic hydroxyl groups is 2. The summed E-state index contributed by atoms with van der Waals surface area (Å²) in [5, 5.41) is 21.9. The van der Waals surface area contributed by atoms with Crippen LogP contribution in [0.25, 0.3) is 0 Å². The summed E-state index contributed by atoms with van der Waals surface area (Å²) in [6.07, 6.45) is 9.79. The van der Waals surface area contributed by atoms with Gasteiger partial charge in [0, 0.05) is 6.42 Å². The molecule has 2 N–H and O–H groups in total. The molecule has 4 nitrogen and oxygen atoms in total. The molecule has 0 aromatic carbocycles. The predicted molar refractivity (Wildman–Crippen MR) is 122 cm³/mol. The van der Waals surface area contributed by atoms with E-state index in [0.717, 1.165) is 32.1 Å². The van der Waals surface area contributed by atoms with Gasteiger partial charge >= 0.3 is 5.97 Å². The minimum atomic E-state index is -0.251. The third-order valence-electron chi connectivity index (χ3n) is 10.7. The van der Waals surface area contributed by atoms with E-state index in [1.54, 1.807) is 0 Å². The molecule has 31 heavy (non-hydrogen) atoms. The van der Waals surface area contributed by atoms with Gasteiger partial charge in [-0.2, -0.15) is 0 Å². The molecule has 0 radical (unpaired) electrons. The first kappa shape index (κ1) is 23.5. The van der Waals surface area contributed by atoms with Crippen molar-refractivity contribution in [1.29, 1.82) is 0 Å². The second-order valence-corrected chi connectivity index (χ2v) is 12.4. The van der Waals surface area contributed by atoms with Crippen LogP contribution >= 0.6 is 0 Å². The standard InChI is InChI=1S/C27H46O4/c1-16(2)31-25(30)11-6-17(3)21-9-10-22-20-8-7-18-14-19(28)12-13-26(18,4)23(20)15-24(29)27(21,22)5/h16-24,28-29H,6-15H2,1-5H3/t17-,18?,19-,20?,21?,22?,23?,24+,26+,27-/m1/s1. The number of rotatable bonds is 5. The Kier molecular flexibility index (Phi) is 6.55. The van der Waals surface area contributed by atoms with E-state index in [1.807, 2.05) is 13.8 Å². The fourth-order valence-electron chi connectivity index (χ4n) is 9.03. The van der Waals surface area contributed by atoms with Gasteiger partial charge in [0.25, 0.3) is 0 Å². The normalized spacial score (nSPS) is 47.9. The van der Waals surface area contributed by atoms with Crippen LogP contribution in [0.3, 0.4) is 0 Å². The van der Waals surface area contributed by atoms with Crippen molar-refractivity contribution in [2.24, 2.45) is 46.3 Å². The lowest BCUT2D eigenvalue weighted by Gasteiger charge is -2.62. The third kappa shape index (κ3) is 3.98. The van der Waals surface area contributed by atoms with Crippen molar-refractivity contribution in [3.63, 3.8) is 0 Å². The van der Waals surface area contributed by atoms with Crippen LogP contribution in [-0.2, 0) is 9.53 Å². The van der Waals surface area contributed by atoms with Crippen molar-refractivity contribution in [3.05, 3.63) is 0 Å². The molecule has 4 aliphatic rings. The summed E-state index contributed by atoms with van der Waals surface area (Å²) >= 11 is 0. The maximum absolute atomic E-state index is 12.1. The van der Waals surface area contributed by atoms with E-state index in [-0.39, 0.29) is 35.1 Å². The summed E-state index contributed by atoms with van der Waals surface area (Å²) in [7, 11) is 0. The number of carbonyl (C=O) groups excluding carboxylic acids is 1. The highest BCUT2D eigenvalue weighted by molar-refractivity contribution is 5.69. The Morgan fingerprint density at radius 2 is 1.74 bits per heavy atom. The van der Waals surface area contributed by atoms with Crippen LogP contribution < -0.4 is 0 Å². The van der Waals surface area contributed by atoms with Crippen molar-refractivity contribution in [2.75, 3.05) is 0 Å². The topological polar surface area (TPSA) is 66.8 Å². The van der Waals surface area contributed by atoms with Crippen molar-refractivity contribution in [2.45, 2.75) is 117 Å². The average molecular weight is 435 g/mol. The number of ether oxygens (including phenoxy) is 1. The van der Waals surface area contributed by atoms with E-state index in [9.17, 15) is 15.0 Å². The van der Waals surface area contributed by atoms with Crippen LogP contribution in [0.1, 0.15) is 98.8 Å². The number of carbonyl (C=O) groups is 1. The zero-order chi connectivity index (χ0) is 22.6. The Balaban J connectivity index is 1.48. The van der Waals surface area contributed by atoms with E-state index in [2.05, 4.69) is 20.8 Å². The lowest BCUT2D eigenvalue weighted by Crippen LogP contribution is -2.58. The van der Waals surface area contributed by atoms with Gasteiger partial charge in [-0.3, -0.25) is 4.79 Å². The SMILES string of the molecule is CC(C)OC(=O)CC[C@@H](C)C1CCC2C3CCC4C[C@H](O)CC[C@]4(C)C3C[C@H](O)[C@@]21C. The number of aliphatic hydroxyl groups excluding tert-OH is 2. The molecule has 0 heterocycles. The predicted octanol–water partition coefficient (Wildman–Crippen LogP) is 5.34. The molecule has 4 saturated carbocycles. The van der Waals surface area contributed by atoms with Gasteiger partial charge in [0.15, 0.2) is 0 Å². The maximum atomic E-state index is 12.1. The number of hydrogen-bond acceptors (Lipinski definition) is 4. The molecule has 0 bridgehead atoms. The summed E-state index contributed by atoms with van der Waals surface area (Å²) in [5.74, 6) is 3.36. The molecule has 10 atom stereocenters. The van der Waals surface area contributed by atoms with Crippen LogP contribution in [0, 0.1) is 46.3 Å². The number of hydrogen-bond donors (Lipinski definition) is 2. The van der Waals surface area contributed by atoms with Gasteiger partial charge in [0.05, 0.1) is 18.3 Å². The average Bonchev–Trinajstić information content (AvgIpc) is 3.06. The third-order valence-corrected chi connectivity index (χ3v) is 10.7. The van der Waals surface area contributed by atoms with Crippen molar-refractivity contribution in [3.8, 4) is 0 Å². The lowest BCUT2D eigenvalue weighted by molar-refractivity contribution is -0.175. The van der Waals surface area contributed by atoms with Crippen molar-refractivity contribution in [1.82, 2.24) is 0 Å². The first-order chi connectivity index (χ1) is 14.6. The minimum Gasteiger partial charge on any atom is -0.463 e. The van der Waals surface area contributed by atoms with E-state index in [4.69, 9.17) is 4.74 Å². The first-order valence-corrected chi connectivity index (χ1v) is 13.1. The molecule has 4 rings (SSSR count). The Hall–Kier alpha value is -0.610. The molecule has 0 aromatic heterocycles. The molecule has 5 unspecified atom stereocenters. The summed E-state index contributed by atoms with van der Waals surface area (Å²) in [5.41, 5.74) is 0.259. The van der Waals surface area contributed by atoms with Crippen LogP contribution in [0.15, 0.2) is 0 Å². The van der Waals surface area contributed by atoms with Gasteiger partial charge in [-0.1, -0.05) is 20.8 Å². The van der Waals surface area contributed by atoms with Gasteiger partial charge in [0.1, 0.15) is 0 Å². The van der Waals surface area contributed by atoms with E-state index < -0.39 is 0 Å². The zero-order valence-corrected chi connectivity index (χ0v) is 20.5. The quantitative estimate of drug-likeness (QED) is 0.573. The van der Waals surface area contributed by atoms with Gasteiger partial charge in [-0.15, -0.1) is 0 Å². The monoisotopic (exact) mass is 434 g/mol. The summed E-state index contributed by atoms with van der Waals surface area (Å²) in [4.78, 5) is 12.1. The van der Waals surface area contributed by atoms with Crippen LogP contribution in [0.2, 0.25) is 0 Å². The Bertz CT molecular complexity index is 662. The van der Waals surface area contributed by atoms with Crippen LogP contribution in [0.4, 0.5) is 0 Å². The molecule has 178 valence electrons. The Labute approximate surface area is 189 Å². The lowest BCUT2D eigenvalue weighted by atomic mass is 9.43. The highest BCUT2D eigenvalue weighted by Gasteiger charge is 2.63. The fraction of sp³-hybridized carbons (Fsp3) is 0.963. The Morgan fingerprint density at radius 1 is 1.00 bits per heavy atom. The molecular formula is C27H46O4. The van der Waals surface area contributed by atoms with Gasteiger partial charge < -0.3 is 14.9 Å². The number of esters is 1.